The molecule has 15 heavy (non-hydrogen) atoms. The van der Waals surface area contributed by atoms with Crippen LogP contribution in [0.25, 0.3) is 0 Å². The number of esters is 1. The number of carbonyl (C=O) groups excluding carboxylic acids is 1. The molecule has 0 saturated heterocycles. The summed E-state index contributed by atoms with van der Waals surface area (Å²) in [5.41, 5.74) is -0.470. The van der Waals surface area contributed by atoms with Gasteiger partial charge in [0.1, 0.15) is 5.54 Å². The lowest BCUT2D eigenvalue weighted by atomic mass is 9.78. The van der Waals surface area contributed by atoms with Gasteiger partial charge in [0.05, 0.1) is 7.11 Å². The summed E-state index contributed by atoms with van der Waals surface area (Å²) in [5.74, 6) is -0.128. The molecule has 0 heterocycles. The quantitative estimate of drug-likeness (QED) is 0.699. The second-order valence-electron chi connectivity index (χ2n) is 4.54. The fourth-order valence-electron chi connectivity index (χ4n) is 2.40. The summed E-state index contributed by atoms with van der Waals surface area (Å²) in [6, 6.07) is 0.463. The largest absolute Gasteiger partial charge is 0.468 e. The van der Waals surface area contributed by atoms with Gasteiger partial charge < -0.3 is 15.0 Å². The molecule has 0 aromatic carbocycles. The first-order chi connectivity index (χ1) is 7.05. The maximum Gasteiger partial charge on any atom is 0.326 e. The minimum absolute atomic E-state index is 0.128. The standard InChI is InChI=1S/C11H22N2O2/c1-12-11(10(14)15-4)7-5-6-9(8-11)13(2)3/h9,12H,5-8H2,1-4H3. The van der Waals surface area contributed by atoms with E-state index in [0.717, 1.165) is 25.7 Å². The van der Waals surface area contributed by atoms with E-state index in [9.17, 15) is 4.79 Å². The normalized spacial score (nSPS) is 31.7. The summed E-state index contributed by atoms with van der Waals surface area (Å²) in [7, 11) is 7.43. The first-order valence-corrected chi connectivity index (χ1v) is 5.49. The van der Waals surface area contributed by atoms with Crippen LogP contribution in [0.1, 0.15) is 25.7 Å². The number of hydrogen-bond acceptors (Lipinski definition) is 4. The van der Waals surface area contributed by atoms with Gasteiger partial charge in [0.15, 0.2) is 0 Å². The van der Waals surface area contributed by atoms with Crippen molar-refractivity contribution in [1.82, 2.24) is 10.2 Å². The summed E-state index contributed by atoms with van der Waals surface area (Å²) in [6.45, 7) is 0. The van der Waals surface area contributed by atoms with E-state index in [4.69, 9.17) is 4.74 Å². The van der Waals surface area contributed by atoms with Crippen LogP contribution in [0.4, 0.5) is 0 Å². The summed E-state index contributed by atoms with van der Waals surface area (Å²) in [5, 5.41) is 3.15. The number of methoxy groups -OCH3 is 1. The molecule has 0 amide bonds. The molecular weight excluding hydrogens is 192 g/mol. The summed E-state index contributed by atoms with van der Waals surface area (Å²) in [4.78, 5) is 14.0. The lowest BCUT2D eigenvalue weighted by molar-refractivity contribution is -0.150. The van der Waals surface area contributed by atoms with Crippen molar-refractivity contribution in [3.63, 3.8) is 0 Å². The molecule has 0 aliphatic heterocycles. The van der Waals surface area contributed by atoms with Gasteiger partial charge in [0.2, 0.25) is 0 Å². The number of rotatable bonds is 3. The Bertz CT molecular complexity index is 231. The topological polar surface area (TPSA) is 41.6 Å². The summed E-state index contributed by atoms with van der Waals surface area (Å²) in [6.07, 6.45) is 3.94. The lowest BCUT2D eigenvalue weighted by Crippen LogP contribution is -2.56. The zero-order valence-electron chi connectivity index (χ0n) is 10.2. The van der Waals surface area contributed by atoms with Crippen molar-refractivity contribution < 1.29 is 9.53 Å². The fourth-order valence-corrected chi connectivity index (χ4v) is 2.40. The Morgan fingerprint density at radius 3 is 2.67 bits per heavy atom. The lowest BCUT2D eigenvalue weighted by Gasteiger charge is -2.40. The van der Waals surface area contributed by atoms with Gasteiger partial charge in [-0.1, -0.05) is 0 Å². The minimum Gasteiger partial charge on any atom is -0.468 e. The molecule has 88 valence electrons. The van der Waals surface area contributed by atoms with E-state index in [0.29, 0.717) is 6.04 Å². The molecule has 1 fully saturated rings. The smallest absolute Gasteiger partial charge is 0.326 e. The number of ether oxygens (including phenoxy) is 1. The number of likely N-dealkylation sites (N-methyl/N-ethyl adjacent to an activating group) is 1. The third-order valence-electron chi connectivity index (χ3n) is 3.51. The predicted octanol–water partition coefficient (Wildman–Crippen LogP) is 0.622. The van der Waals surface area contributed by atoms with Crippen molar-refractivity contribution in [2.45, 2.75) is 37.3 Å². The molecule has 1 saturated carbocycles. The molecule has 0 aromatic heterocycles. The highest BCUT2D eigenvalue weighted by Gasteiger charge is 2.42. The van der Waals surface area contributed by atoms with E-state index in [1.54, 1.807) is 0 Å². The number of carbonyl (C=O) groups is 1. The zero-order valence-corrected chi connectivity index (χ0v) is 10.2. The number of nitrogens with one attached hydrogen (secondary N) is 1. The maximum atomic E-state index is 11.8. The molecule has 0 aromatic rings. The van der Waals surface area contributed by atoms with E-state index < -0.39 is 5.54 Å². The van der Waals surface area contributed by atoms with Crippen LogP contribution in [0.3, 0.4) is 0 Å². The third kappa shape index (κ3) is 2.49. The van der Waals surface area contributed by atoms with Gasteiger partial charge in [-0.05, 0) is 46.8 Å². The average Bonchev–Trinajstić information content (AvgIpc) is 2.27. The maximum absolute atomic E-state index is 11.8. The van der Waals surface area contributed by atoms with Crippen molar-refractivity contribution in [1.29, 1.82) is 0 Å². The fraction of sp³-hybridized carbons (Fsp3) is 0.909. The van der Waals surface area contributed by atoms with Crippen LogP contribution in [0.5, 0.6) is 0 Å². The van der Waals surface area contributed by atoms with Gasteiger partial charge in [-0.15, -0.1) is 0 Å². The van der Waals surface area contributed by atoms with E-state index >= 15 is 0 Å². The predicted molar refractivity (Wildman–Crippen MR) is 59.7 cm³/mol. The molecule has 2 unspecified atom stereocenters. The first-order valence-electron chi connectivity index (χ1n) is 5.49. The van der Waals surface area contributed by atoms with Gasteiger partial charge in [0, 0.05) is 6.04 Å². The third-order valence-corrected chi connectivity index (χ3v) is 3.51. The molecule has 1 aliphatic rings. The minimum atomic E-state index is -0.470. The van der Waals surface area contributed by atoms with Gasteiger partial charge >= 0.3 is 5.97 Å². The molecule has 1 aliphatic carbocycles. The van der Waals surface area contributed by atoms with Crippen LogP contribution < -0.4 is 5.32 Å². The molecule has 0 bridgehead atoms. The molecule has 0 spiro atoms. The highest BCUT2D eigenvalue weighted by atomic mass is 16.5. The highest BCUT2D eigenvalue weighted by Crippen LogP contribution is 2.31. The van der Waals surface area contributed by atoms with Gasteiger partial charge in [-0.25, -0.2) is 0 Å². The first kappa shape index (κ1) is 12.5. The van der Waals surface area contributed by atoms with Crippen molar-refractivity contribution in [3.8, 4) is 0 Å². The second kappa shape index (κ2) is 4.94. The van der Waals surface area contributed by atoms with E-state index in [-0.39, 0.29) is 5.97 Å². The zero-order chi connectivity index (χ0) is 11.5. The Morgan fingerprint density at radius 2 is 2.20 bits per heavy atom. The Morgan fingerprint density at radius 1 is 1.53 bits per heavy atom. The van der Waals surface area contributed by atoms with Crippen molar-refractivity contribution >= 4 is 5.97 Å². The van der Waals surface area contributed by atoms with Crippen molar-refractivity contribution in [3.05, 3.63) is 0 Å². The Labute approximate surface area is 92.0 Å². The molecule has 0 radical (unpaired) electrons. The van der Waals surface area contributed by atoms with Gasteiger partial charge in [0.25, 0.3) is 0 Å². The Hall–Kier alpha value is -0.610. The Balaban J connectivity index is 2.77. The number of hydrogen-bond donors (Lipinski definition) is 1. The summed E-state index contributed by atoms with van der Waals surface area (Å²) >= 11 is 0. The van der Waals surface area contributed by atoms with Crippen LogP contribution in [0.15, 0.2) is 0 Å². The van der Waals surface area contributed by atoms with Crippen LogP contribution in [0, 0.1) is 0 Å². The molecular formula is C11H22N2O2. The van der Waals surface area contributed by atoms with Crippen LogP contribution in [-0.4, -0.2) is 50.7 Å². The SMILES string of the molecule is CNC1(C(=O)OC)CCCC(N(C)C)C1. The van der Waals surface area contributed by atoms with E-state index in [1.807, 2.05) is 7.05 Å². The molecule has 1 N–H and O–H groups in total. The molecule has 2 atom stereocenters. The molecule has 4 heteroatoms. The molecule has 4 nitrogen and oxygen atoms in total. The second-order valence-corrected chi connectivity index (χ2v) is 4.54. The van der Waals surface area contributed by atoms with Crippen molar-refractivity contribution in [2.75, 3.05) is 28.3 Å². The number of nitrogens with zero attached hydrogens (tertiary/aromatic N) is 1. The van der Waals surface area contributed by atoms with Gasteiger partial charge in [-0.3, -0.25) is 4.79 Å². The van der Waals surface area contributed by atoms with Crippen molar-refractivity contribution in [2.24, 2.45) is 0 Å². The van der Waals surface area contributed by atoms with Crippen LogP contribution >= 0.6 is 0 Å². The van der Waals surface area contributed by atoms with E-state index in [2.05, 4.69) is 24.3 Å². The highest BCUT2D eigenvalue weighted by molar-refractivity contribution is 5.81. The van der Waals surface area contributed by atoms with Crippen LogP contribution in [-0.2, 0) is 9.53 Å². The van der Waals surface area contributed by atoms with E-state index in [1.165, 1.54) is 7.11 Å². The van der Waals surface area contributed by atoms with Gasteiger partial charge in [-0.2, -0.15) is 0 Å². The average molecular weight is 214 g/mol. The van der Waals surface area contributed by atoms with Crippen LogP contribution in [0.2, 0.25) is 0 Å². The molecule has 1 rings (SSSR count). The Kier molecular flexibility index (Phi) is 4.11. The monoisotopic (exact) mass is 214 g/mol. The summed E-state index contributed by atoms with van der Waals surface area (Å²) < 4.78 is 4.89.